The standard InChI is InChI=1S/C17H27FN2O2/c1-6-12(2)10-20(5)16-8-7-15(18)9-14(16)11-19(4)13(3)17(21)22/h7-9,12-13H,6,10-11H2,1-5H3,(H,21,22). The zero-order valence-corrected chi connectivity index (χ0v) is 14.1. The Kier molecular flexibility index (Phi) is 6.81. The van der Waals surface area contributed by atoms with E-state index < -0.39 is 12.0 Å². The van der Waals surface area contributed by atoms with Gasteiger partial charge >= 0.3 is 5.97 Å². The van der Waals surface area contributed by atoms with Crippen LogP contribution >= 0.6 is 0 Å². The molecule has 0 aliphatic rings. The Balaban J connectivity index is 2.97. The number of carboxylic acid groups (broad SMARTS) is 1. The van der Waals surface area contributed by atoms with Crippen molar-refractivity contribution >= 4 is 11.7 Å². The minimum absolute atomic E-state index is 0.299. The van der Waals surface area contributed by atoms with Gasteiger partial charge in [-0.2, -0.15) is 0 Å². The summed E-state index contributed by atoms with van der Waals surface area (Å²) in [5, 5.41) is 9.09. The van der Waals surface area contributed by atoms with Crippen LogP contribution in [0, 0.1) is 11.7 Å². The average Bonchev–Trinajstić information content (AvgIpc) is 2.45. The monoisotopic (exact) mass is 310 g/mol. The molecule has 0 spiro atoms. The Morgan fingerprint density at radius 3 is 2.50 bits per heavy atom. The summed E-state index contributed by atoms with van der Waals surface area (Å²) < 4.78 is 13.6. The van der Waals surface area contributed by atoms with Gasteiger partial charge in [0.2, 0.25) is 0 Å². The predicted octanol–water partition coefficient (Wildman–Crippen LogP) is 3.21. The summed E-state index contributed by atoms with van der Waals surface area (Å²) >= 11 is 0. The van der Waals surface area contributed by atoms with Crippen LogP contribution in [-0.4, -0.2) is 42.7 Å². The molecule has 1 aromatic carbocycles. The van der Waals surface area contributed by atoms with Gasteiger partial charge in [-0.3, -0.25) is 9.69 Å². The van der Waals surface area contributed by atoms with E-state index in [0.717, 1.165) is 24.2 Å². The van der Waals surface area contributed by atoms with Gasteiger partial charge in [0.15, 0.2) is 0 Å². The maximum atomic E-state index is 13.6. The second kappa shape index (κ2) is 8.13. The van der Waals surface area contributed by atoms with Crippen LogP contribution in [0.5, 0.6) is 0 Å². The van der Waals surface area contributed by atoms with Crippen molar-refractivity contribution in [1.82, 2.24) is 4.90 Å². The van der Waals surface area contributed by atoms with Crippen LogP contribution in [-0.2, 0) is 11.3 Å². The van der Waals surface area contributed by atoms with E-state index in [9.17, 15) is 9.18 Å². The molecule has 1 aromatic rings. The summed E-state index contributed by atoms with van der Waals surface area (Å²) in [5.41, 5.74) is 1.76. The summed E-state index contributed by atoms with van der Waals surface area (Å²) in [6.07, 6.45) is 1.08. The van der Waals surface area contributed by atoms with E-state index in [0.29, 0.717) is 12.5 Å². The zero-order valence-electron chi connectivity index (χ0n) is 14.1. The topological polar surface area (TPSA) is 43.8 Å². The lowest BCUT2D eigenvalue weighted by Gasteiger charge is -2.28. The highest BCUT2D eigenvalue weighted by atomic mass is 19.1. The molecule has 0 amide bonds. The van der Waals surface area contributed by atoms with Crippen molar-refractivity contribution in [2.24, 2.45) is 5.92 Å². The lowest BCUT2D eigenvalue weighted by molar-refractivity contribution is -0.142. The maximum absolute atomic E-state index is 13.6. The highest BCUT2D eigenvalue weighted by Gasteiger charge is 2.19. The van der Waals surface area contributed by atoms with Crippen LogP contribution in [0.2, 0.25) is 0 Å². The van der Waals surface area contributed by atoms with E-state index in [1.807, 2.05) is 7.05 Å². The summed E-state index contributed by atoms with van der Waals surface area (Å²) in [5.74, 6) is -0.640. The van der Waals surface area contributed by atoms with E-state index in [-0.39, 0.29) is 5.82 Å². The molecule has 2 unspecified atom stereocenters. The van der Waals surface area contributed by atoms with Crippen molar-refractivity contribution < 1.29 is 14.3 Å². The molecule has 1 N–H and O–H groups in total. The molecule has 124 valence electrons. The minimum Gasteiger partial charge on any atom is -0.480 e. The molecule has 0 fully saturated rings. The first-order valence-corrected chi connectivity index (χ1v) is 7.68. The first-order chi connectivity index (χ1) is 10.3. The number of benzene rings is 1. The molecule has 0 saturated heterocycles. The highest BCUT2D eigenvalue weighted by Crippen LogP contribution is 2.24. The van der Waals surface area contributed by atoms with Crippen molar-refractivity contribution in [2.45, 2.75) is 39.8 Å². The molecule has 0 radical (unpaired) electrons. The number of halogens is 1. The van der Waals surface area contributed by atoms with E-state index in [4.69, 9.17) is 5.11 Å². The van der Waals surface area contributed by atoms with Crippen LogP contribution in [0.15, 0.2) is 18.2 Å². The summed E-state index contributed by atoms with van der Waals surface area (Å²) in [4.78, 5) is 14.9. The van der Waals surface area contributed by atoms with Gasteiger partial charge in [-0.05, 0) is 43.7 Å². The molecule has 5 heteroatoms. The van der Waals surface area contributed by atoms with Gasteiger partial charge in [0.1, 0.15) is 11.9 Å². The SMILES string of the molecule is CCC(C)CN(C)c1ccc(F)cc1CN(C)C(C)C(=O)O. The molecule has 22 heavy (non-hydrogen) atoms. The Bertz CT molecular complexity index is 507. The first-order valence-electron chi connectivity index (χ1n) is 7.68. The van der Waals surface area contributed by atoms with Gasteiger partial charge < -0.3 is 10.0 Å². The fraction of sp³-hybridized carbons (Fsp3) is 0.588. The number of rotatable bonds is 8. The number of hydrogen-bond donors (Lipinski definition) is 1. The molecular formula is C17H27FN2O2. The Morgan fingerprint density at radius 1 is 1.32 bits per heavy atom. The predicted molar refractivity (Wildman–Crippen MR) is 87.7 cm³/mol. The van der Waals surface area contributed by atoms with E-state index in [1.54, 1.807) is 24.9 Å². The Labute approximate surface area is 132 Å². The zero-order chi connectivity index (χ0) is 16.9. The molecule has 2 atom stereocenters. The van der Waals surface area contributed by atoms with E-state index >= 15 is 0 Å². The minimum atomic E-state index is -0.881. The second-order valence-electron chi connectivity index (χ2n) is 6.10. The third-order valence-electron chi connectivity index (χ3n) is 4.17. The molecule has 4 nitrogen and oxygen atoms in total. The fourth-order valence-electron chi connectivity index (χ4n) is 2.34. The van der Waals surface area contributed by atoms with Gasteiger partial charge in [-0.1, -0.05) is 20.3 Å². The Morgan fingerprint density at radius 2 is 1.95 bits per heavy atom. The number of nitrogens with zero attached hydrogens (tertiary/aromatic N) is 2. The van der Waals surface area contributed by atoms with Crippen molar-refractivity contribution in [3.05, 3.63) is 29.6 Å². The highest BCUT2D eigenvalue weighted by molar-refractivity contribution is 5.72. The van der Waals surface area contributed by atoms with Gasteiger partial charge in [0.05, 0.1) is 0 Å². The molecular weight excluding hydrogens is 283 g/mol. The molecule has 0 aliphatic heterocycles. The quantitative estimate of drug-likeness (QED) is 0.801. The fourth-order valence-corrected chi connectivity index (χ4v) is 2.34. The van der Waals surface area contributed by atoms with Gasteiger partial charge in [-0.25, -0.2) is 4.39 Å². The van der Waals surface area contributed by atoms with Crippen LogP contribution in [0.1, 0.15) is 32.8 Å². The lowest BCUT2D eigenvalue weighted by Crippen LogP contribution is -2.36. The van der Waals surface area contributed by atoms with Crippen molar-refractivity contribution in [1.29, 1.82) is 0 Å². The summed E-state index contributed by atoms with van der Waals surface area (Å²) in [7, 11) is 3.73. The normalized spacial score (nSPS) is 14.0. The second-order valence-corrected chi connectivity index (χ2v) is 6.10. The van der Waals surface area contributed by atoms with Crippen LogP contribution < -0.4 is 4.90 Å². The molecule has 1 rings (SSSR count). The molecule has 0 saturated carbocycles. The van der Waals surface area contributed by atoms with Crippen LogP contribution in [0.25, 0.3) is 0 Å². The number of aliphatic carboxylic acids is 1. The molecule has 0 aromatic heterocycles. The molecule has 0 aliphatic carbocycles. The van der Waals surface area contributed by atoms with Crippen molar-refractivity contribution in [3.8, 4) is 0 Å². The number of anilines is 1. The number of likely N-dealkylation sites (N-methyl/N-ethyl adjacent to an activating group) is 1. The van der Waals surface area contributed by atoms with Gasteiger partial charge in [-0.15, -0.1) is 0 Å². The molecule has 0 heterocycles. The van der Waals surface area contributed by atoms with Crippen LogP contribution in [0.3, 0.4) is 0 Å². The number of hydrogen-bond acceptors (Lipinski definition) is 3. The third kappa shape index (κ3) is 4.98. The van der Waals surface area contributed by atoms with Crippen LogP contribution in [0.4, 0.5) is 10.1 Å². The summed E-state index contributed by atoms with van der Waals surface area (Å²) in [6.45, 7) is 7.23. The molecule has 0 bridgehead atoms. The number of carboxylic acids is 1. The summed E-state index contributed by atoms with van der Waals surface area (Å²) in [6, 6.07) is 4.10. The van der Waals surface area contributed by atoms with Crippen molar-refractivity contribution in [3.63, 3.8) is 0 Å². The van der Waals surface area contributed by atoms with E-state index in [2.05, 4.69) is 18.7 Å². The van der Waals surface area contributed by atoms with Gasteiger partial charge in [0, 0.05) is 25.8 Å². The van der Waals surface area contributed by atoms with E-state index in [1.165, 1.54) is 12.1 Å². The smallest absolute Gasteiger partial charge is 0.320 e. The van der Waals surface area contributed by atoms with Gasteiger partial charge in [0.25, 0.3) is 0 Å². The number of carbonyl (C=O) groups is 1. The maximum Gasteiger partial charge on any atom is 0.320 e. The first kappa shape index (κ1) is 18.4. The lowest BCUT2D eigenvalue weighted by atomic mass is 10.1. The largest absolute Gasteiger partial charge is 0.480 e. The average molecular weight is 310 g/mol. The van der Waals surface area contributed by atoms with Crippen molar-refractivity contribution in [2.75, 3.05) is 25.5 Å². The Hall–Kier alpha value is -1.62. The third-order valence-corrected chi connectivity index (χ3v) is 4.17.